The lowest BCUT2D eigenvalue weighted by Gasteiger charge is -2.11. The largest absolute Gasteiger partial charge is 0.388 e. The minimum absolute atomic E-state index is 0.377. The number of aliphatic hydroxyl groups is 1. The highest BCUT2D eigenvalue weighted by Crippen LogP contribution is 2.22. The lowest BCUT2D eigenvalue weighted by molar-refractivity contribution is 0.163. The molecule has 0 bridgehead atoms. The third-order valence-electron chi connectivity index (χ3n) is 4.08. The molecule has 1 aromatic heterocycles. The number of hydrogen-bond donors (Lipinski definition) is 1. The zero-order chi connectivity index (χ0) is 14.9. The first kappa shape index (κ1) is 16.0. The van der Waals surface area contributed by atoms with E-state index in [9.17, 15) is 5.11 Å². The molecule has 21 heavy (non-hydrogen) atoms. The highest BCUT2D eigenvalue weighted by Gasteiger charge is 2.08. The van der Waals surface area contributed by atoms with Gasteiger partial charge in [-0.3, -0.25) is 4.98 Å². The lowest BCUT2D eigenvalue weighted by Crippen LogP contribution is -1.98. The second-order valence-corrected chi connectivity index (χ2v) is 5.89. The maximum Gasteiger partial charge on any atom is 0.0805 e. The fourth-order valence-electron chi connectivity index (χ4n) is 2.73. The van der Waals surface area contributed by atoms with Crippen LogP contribution >= 0.6 is 0 Å². The van der Waals surface area contributed by atoms with Crippen LogP contribution in [0.3, 0.4) is 0 Å². The van der Waals surface area contributed by atoms with E-state index in [-0.39, 0.29) is 6.10 Å². The summed E-state index contributed by atoms with van der Waals surface area (Å²) in [5.74, 6) is 0. The summed E-state index contributed by atoms with van der Waals surface area (Å²) in [5.41, 5.74) is 1.93. The molecule has 0 spiro atoms. The summed E-state index contributed by atoms with van der Waals surface area (Å²) in [6, 6.07) is 10.1. The quantitative estimate of drug-likeness (QED) is 0.625. The predicted molar refractivity (Wildman–Crippen MR) is 89.3 cm³/mol. The van der Waals surface area contributed by atoms with Crippen LogP contribution in [0.25, 0.3) is 10.9 Å². The van der Waals surface area contributed by atoms with Crippen LogP contribution in [0.2, 0.25) is 0 Å². The number of aliphatic hydroxyl groups excluding tert-OH is 1. The molecule has 1 unspecified atom stereocenters. The molecule has 1 aromatic carbocycles. The van der Waals surface area contributed by atoms with Gasteiger partial charge in [0.25, 0.3) is 0 Å². The normalized spacial score (nSPS) is 12.7. The number of nitrogens with zero attached hydrogens (tertiary/aromatic N) is 1. The molecule has 0 radical (unpaired) electrons. The Bertz CT molecular complexity index is 538. The Morgan fingerprint density at radius 1 is 1.00 bits per heavy atom. The van der Waals surface area contributed by atoms with Crippen molar-refractivity contribution in [1.82, 2.24) is 4.98 Å². The number of unbranched alkanes of at least 4 members (excludes halogenated alkanes) is 6. The number of hydrogen-bond acceptors (Lipinski definition) is 2. The number of aromatic nitrogens is 1. The number of para-hydroxylation sites is 1. The van der Waals surface area contributed by atoms with Crippen molar-refractivity contribution in [3.05, 3.63) is 42.1 Å². The first-order valence-corrected chi connectivity index (χ1v) is 8.34. The molecule has 0 saturated heterocycles. The zero-order valence-electron chi connectivity index (χ0n) is 13.1. The van der Waals surface area contributed by atoms with Gasteiger partial charge in [0.1, 0.15) is 0 Å². The average Bonchev–Trinajstić information content (AvgIpc) is 2.53. The van der Waals surface area contributed by atoms with Gasteiger partial charge in [-0.1, -0.05) is 70.1 Å². The van der Waals surface area contributed by atoms with E-state index in [1.165, 1.54) is 38.5 Å². The molecule has 1 heterocycles. The molecule has 1 N–H and O–H groups in total. The van der Waals surface area contributed by atoms with E-state index in [4.69, 9.17) is 0 Å². The van der Waals surface area contributed by atoms with Gasteiger partial charge in [-0.05, 0) is 24.1 Å². The average molecular weight is 285 g/mol. The van der Waals surface area contributed by atoms with Crippen LogP contribution < -0.4 is 0 Å². The molecule has 0 fully saturated rings. The Kier molecular flexibility index (Phi) is 6.68. The summed E-state index contributed by atoms with van der Waals surface area (Å²) in [4.78, 5) is 4.42. The Balaban J connectivity index is 1.75. The first-order chi connectivity index (χ1) is 10.3. The van der Waals surface area contributed by atoms with Gasteiger partial charge in [0.15, 0.2) is 0 Å². The number of fused-ring (bicyclic) bond motifs is 1. The van der Waals surface area contributed by atoms with Crippen LogP contribution in [0.4, 0.5) is 0 Å². The summed E-state index contributed by atoms with van der Waals surface area (Å²) in [6.07, 6.45) is 11.2. The molecular weight excluding hydrogens is 258 g/mol. The van der Waals surface area contributed by atoms with Crippen LogP contribution in [-0.2, 0) is 0 Å². The molecule has 2 aromatic rings. The molecule has 0 aliphatic rings. The standard InChI is InChI=1S/C19H27NO/c1-2-3-4-5-6-7-8-13-19(21)17-14-16-11-9-10-12-18(16)20-15-17/h9-12,14-15,19,21H,2-8,13H2,1H3. The highest BCUT2D eigenvalue weighted by molar-refractivity contribution is 5.78. The lowest BCUT2D eigenvalue weighted by atomic mass is 10.0. The van der Waals surface area contributed by atoms with Gasteiger partial charge in [-0.2, -0.15) is 0 Å². The van der Waals surface area contributed by atoms with Crippen LogP contribution in [0.1, 0.15) is 70.0 Å². The topological polar surface area (TPSA) is 33.1 Å². The van der Waals surface area contributed by atoms with Gasteiger partial charge in [0, 0.05) is 11.6 Å². The summed E-state index contributed by atoms with van der Waals surface area (Å²) < 4.78 is 0. The summed E-state index contributed by atoms with van der Waals surface area (Å²) in [6.45, 7) is 2.24. The van der Waals surface area contributed by atoms with Crippen molar-refractivity contribution < 1.29 is 5.11 Å². The SMILES string of the molecule is CCCCCCCCCC(O)c1cnc2ccccc2c1. The van der Waals surface area contributed by atoms with Crippen molar-refractivity contribution in [2.24, 2.45) is 0 Å². The van der Waals surface area contributed by atoms with E-state index < -0.39 is 0 Å². The molecule has 114 valence electrons. The van der Waals surface area contributed by atoms with Crippen molar-refractivity contribution in [2.45, 2.75) is 64.4 Å². The Labute approximate surface area is 128 Å². The molecule has 0 aliphatic carbocycles. The molecule has 2 rings (SSSR count). The minimum atomic E-state index is -0.377. The molecule has 0 saturated carbocycles. The van der Waals surface area contributed by atoms with E-state index in [1.54, 1.807) is 0 Å². The van der Waals surface area contributed by atoms with E-state index in [0.29, 0.717) is 0 Å². The van der Waals surface area contributed by atoms with Gasteiger partial charge < -0.3 is 5.11 Å². The van der Waals surface area contributed by atoms with E-state index in [2.05, 4.69) is 18.0 Å². The van der Waals surface area contributed by atoms with E-state index in [1.807, 2.05) is 30.5 Å². The van der Waals surface area contributed by atoms with Crippen molar-refractivity contribution in [3.8, 4) is 0 Å². The molecule has 2 nitrogen and oxygen atoms in total. The van der Waals surface area contributed by atoms with Crippen LogP contribution in [0.5, 0.6) is 0 Å². The third-order valence-corrected chi connectivity index (χ3v) is 4.08. The van der Waals surface area contributed by atoms with Crippen LogP contribution in [0, 0.1) is 0 Å². The van der Waals surface area contributed by atoms with Gasteiger partial charge in [0.05, 0.1) is 11.6 Å². The van der Waals surface area contributed by atoms with Crippen LogP contribution in [0.15, 0.2) is 36.5 Å². The Hall–Kier alpha value is -1.41. The monoisotopic (exact) mass is 285 g/mol. The fourth-order valence-corrected chi connectivity index (χ4v) is 2.73. The summed E-state index contributed by atoms with van der Waals surface area (Å²) >= 11 is 0. The van der Waals surface area contributed by atoms with Crippen molar-refractivity contribution in [1.29, 1.82) is 0 Å². The van der Waals surface area contributed by atoms with Crippen molar-refractivity contribution in [3.63, 3.8) is 0 Å². The molecular formula is C19H27NO. The van der Waals surface area contributed by atoms with Crippen molar-refractivity contribution >= 4 is 10.9 Å². The number of pyridine rings is 1. The summed E-state index contributed by atoms with van der Waals surface area (Å²) in [7, 11) is 0. The van der Waals surface area contributed by atoms with Gasteiger partial charge in [0.2, 0.25) is 0 Å². The second-order valence-electron chi connectivity index (χ2n) is 5.89. The second kappa shape index (κ2) is 8.78. The maximum absolute atomic E-state index is 10.3. The van der Waals surface area contributed by atoms with Gasteiger partial charge in [-0.15, -0.1) is 0 Å². The molecule has 0 amide bonds. The van der Waals surface area contributed by atoms with Crippen molar-refractivity contribution in [2.75, 3.05) is 0 Å². The zero-order valence-corrected chi connectivity index (χ0v) is 13.1. The Morgan fingerprint density at radius 3 is 2.52 bits per heavy atom. The fraction of sp³-hybridized carbons (Fsp3) is 0.526. The smallest absolute Gasteiger partial charge is 0.0805 e. The predicted octanol–water partition coefficient (Wildman–Crippen LogP) is 5.41. The summed E-state index contributed by atoms with van der Waals surface area (Å²) in [5, 5.41) is 11.4. The van der Waals surface area contributed by atoms with E-state index in [0.717, 1.165) is 29.3 Å². The maximum atomic E-state index is 10.3. The minimum Gasteiger partial charge on any atom is -0.388 e. The molecule has 2 heteroatoms. The van der Waals surface area contributed by atoms with E-state index >= 15 is 0 Å². The molecule has 1 atom stereocenters. The number of rotatable bonds is 9. The Morgan fingerprint density at radius 2 is 1.71 bits per heavy atom. The van der Waals surface area contributed by atoms with Crippen LogP contribution in [-0.4, -0.2) is 10.1 Å². The third kappa shape index (κ3) is 5.13. The van der Waals surface area contributed by atoms with Gasteiger partial charge >= 0.3 is 0 Å². The highest BCUT2D eigenvalue weighted by atomic mass is 16.3. The molecule has 0 aliphatic heterocycles. The van der Waals surface area contributed by atoms with Gasteiger partial charge in [-0.25, -0.2) is 0 Å². The first-order valence-electron chi connectivity index (χ1n) is 8.34. The number of benzene rings is 1.